The number of ether oxygens (including phenoxy) is 1. The van der Waals surface area contributed by atoms with Gasteiger partial charge in [0.2, 0.25) is 0 Å². The van der Waals surface area contributed by atoms with Gasteiger partial charge in [-0.05, 0) is 43.3 Å². The standard InChI is InChI=1S/C13H18N2O2S/c16-13(17-9-11-2-1-7-18-11)14-12-8-15-5-3-10(12)4-6-15/h1-2,7,10,12H,3-6,8-9H2,(H,14,16)/t12-/m0/s1. The topological polar surface area (TPSA) is 41.6 Å². The van der Waals surface area contributed by atoms with Gasteiger partial charge in [0, 0.05) is 17.5 Å². The van der Waals surface area contributed by atoms with E-state index in [1.807, 2.05) is 17.5 Å². The van der Waals surface area contributed by atoms with Gasteiger partial charge in [0.25, 0.3) is 0 Å². The van der Waals surface area contributed by atoms with Gasteiger partial charge >= 0.3 is 6.09 Å². The number of hydrogen-bond donors (Lipinski definition) is 1. The Morgan fingerprint density at radius 1 is 1.50 bits per heavy atom. The van der Waals surface area contributed by atoms with Crippen LogP contribution in [0.25, 0.3) is 0 Å². The minimum atomic E-state index is -0.276. The number of amides is 1. The highest BCUT2D eigenvalue weighted by molar-refractivity contribution is 7.09. The van der Waals surface area contributed by atoms with Crippen LogP contribution in [-0.2, 0) is 11.3 Å². The third-order valence-corrected chi connectivity index (χ3v) is 4.73. The molecule has 0 unspecified atom stereocenters. The van der Waals surface area contributed by atoms with E-state index in [2.05, 4.69) is 10.2 Å². The summed E-state index contributed by atoms with van der Waals surface area (Å²) >= 11 is 1.61. The SMILES string of the molecule is O=C(N[C@H]1CN2CCC1CC2)OCc1cccs1. The lowest BCUT2D eigenvalue weighted by atomic mass is 9.84. The van der Waals surface area contributed by atoms with Crippen LogP contribution in [0.5, 0.6) is 0 Å². The molecular weight excluding hydrogens is 248 g/mol. The maximum atomic E-state index is 11.7. The maximum absolute atomic E-state index is 11.7. The summed E-state index contributed by atoms with van der Waals surface area (Å²) in [6.07, 6.45) is 2.13. The van der Waals surface area contributed by atoms with Crippen LogP contribution in [0.2, 0.25) is 0 Å². The first-order chi connectivity index (χ1) is 8.81. The number of thiophene rings is 1. The summed E-state index contributed by atoms with van der Waals surface area (Å²) in [5.41, 5.74) is 0. The monoisotopic (exact) mass is 266 g/mol. The van der Waals surface area contributed by atoms with E-state index < -0.39 is 0 Å². The average molecular weight is 266 g/mol. The van der Waals surface area contributed by atoms with Crippen molar-refractivity contribution in [1.82, 2.24) is 10.2 Å². The minimum Gasteiger partial charge on any atom is -0.444 e. The Morgan fingerprint density at radius 2 is 2.33 bits per heavy atom. The molecule has 0 saturated carbocycles. The van der Waals surface area contributed by atoms with Crippen molar-refractivity contribution >= 4 is 17.4 Å². The molecular formula is C13H18N2O2S. The Balaban J connectivity index is 1.46. The second-order valence-electron chi connectivity index (χ2n) is 5.04. The number of piperidine rings is 3. The summed E-state index contributed by atoms with van der Waals surface area (Å²) in [6, 6.07) is 4.23. The molecule has 2 bridgehead atoms. The second kappa shape index (κ2) is 5.28. The van der Waals surface area contributed by atoms with Crippen molar-refractivity contribution in [2.24, 2.45) is 5.92 Å². The number of nitrogens with zero attached hydrogens (tertiary/aromatic N) is 1. The molecule has 4 rings (SSSR count). The zero-order valence-corrected chi connectivity index (χ0v) is 11.1. The smallest absolute Gasteiger partial charge is 0.407 e. The fraction of sp³-hybridized carbons (Fsp3) is 0.615. The Kier molecular flexibility index (Phi) is 3.52. The van der Waals surface area contributed by atoms with Gasteiger partial charge in [-0.3, -0.25) is 0 Å². The summed E-state index contributed by atoms with van der Waals surface area (Å²) in [7, 11) is 0. The molecule has 0 aromatic carbocycles. The average Bonchev–Trinajstić information content (AvgIpc) is 2.91. The number of hydrogen-bond acceptors (Lipinski definition) is 4. The van der Waals surface area contributed by atoms with E-state index in [1.165, 1.54) is 25.9 Å². The van der Waals surface area contributed by atoms with Gasteiger partial charge in [0.05, 0.1) is 0 Å². The summed E-state index contributed by atoms with van der Waals surface area (Å²) in [5.74, 6) is 0.643. The van der Waals surface area contributed by atoms with Crippen LogP contribution in [0.4, 0.5) is 4.79 Å². The second-order valence-corrected chi connectivity index (χ2v) is 6.08. The van der Waals surface area contributed by atoms with Gasteiger partial charge in [0.15, 0.2) is 0 Å². The van der Waals surface area contributed by atoms with Gasteiger partial charge in [-0.25, -0.2) is 4.79 Å². The molecule has 5 heteroatoms. The largest absolute Gasteiger partial charge is 0.444 e. The van der Waals surface area contributed by atoms with E-state index in [0.717, 1.165) is 11.4 Å². The van der Waals surface area contributed by atoms with Gasteiger partial charge in [-0.2, -0.15) is 0 Å². The van der Waals surface area contributed by atoms with Crippen LogP contribution in [0.1, 0.15) is 17.7 Å². The number of fused-ring (bicyclic) bond motifs is 3. The molecule has 3 aliphatic heterocycles. The number of nitrogens with one attached hydrogen (secondary N) is 1. The van der Waals surface area contributed by atoms with E-state index in [-0.39, 0.29) is 12.1 Å². The Morgan fingerprint density at radius 3 is 2.94 bits per heavy atom. The van der Waals surface area contributed by atoms with Crippen molar-refractivity contribution in [3.8, 4) is 0 Å². The predicted molar refractivity (Wildman–Crippen MR) is 70.6 cm³/mol. The first kappa shape index (κ1) is 12.0. The Labute approximate surface area is 111 Å². The van der Waals surface area contributed by atoms with Crippen molar-refractivity contribution < 1.29 is 9.53 Å². The van der Waals surface area contributed by atoms with Crippen LogP contribution in [0.3, 0.4) is 0 Å². The zero-order valence-electron chi connectivity index (χ0n) is 10.3. The zero-order chi connectivity index (χ0) is 12.4. The van der Waals surface area contributed by atoms with Gasteiger partial charge in [-0.1, -0.05) is 6.07 Å². The van der Waals surface area contributed by atoms with Crippen molar-refractivity contribution in [1.29, 1.82) is 0 Å². The molecule has 0 radical (unpaired) electrons. The molecule has 4 heterocycles. The molecule has 3 saturated heterocycles. The molecule has 1 aromatic heterocycles. The molecule has 98 valence electrons. The van der Waals surface area contributed by atoms with Crippen molar-refractivity contribution in [2.75, 3.05) is 19.6 Å². The molecule has 1 atom stereocenters. The van der Waals surface area contributed by atoms with Crippen LogP contribution < -0.4 is 5.32 Å². The first-order valence-electron chi connectivity index (χ1n) is 6.49. The minimum absolute atomic E-state index is 0.276. The molecule has 0 aliphatic carbocycles. The maximum Gasteiger partial charge on any atom is 0.407 e. The lowest BCUT2D eigenvalue weighted by molar-refractivity contribution is 0.0644. The van der Waals surface area contributed by atoms with E-state index in [4.69, 9.17) is 4.74 Å². The van der Waals surface area contributed by atoms with Crippen LogP contribution in [-0.4, -0.2) is 36.7 Å². The lowest BCUT2D eigenvalue weighted by Crippen LogP contribution is -2.57. The highest BCUT2D eigenvalue weighted by Gasteiger charge is 2.35. The Bertz CT molecular complexity index is 399. The van der Waals surface area contributed by atoms with Crippen molar-refractivity contribution in [2.45, 2.75) is 25.5 Å². The number of alkyl carbamates (subject to hydrolysis) is 1. The molecule has 1 N–H and O–H groups in total. The highest BCUT2D eigenvalue weighted by atomic mass is 32.1. The van der Waals surface area contributed by atoms with E-state index in [0.29, 0.717) is 12.5 Å². The summed E-state index contributed by atoms with van der Waals surface area (Å²) < 4.78 is 5.24. The van der Waals surface area contributed by atoms with E-state index in [1.54, 1.807) is 11.3 Å². The number of carbonyl (C=O) groups excluding carboxylic acids is 1. The van der Waals surface area contributed by atoms with Crippen molar-refractivity contribution in [3.63, 3.8) is 0 Å². The van der Waals surface area contributed by atoms with Crippen LogP contribution in [0, 0.1) is 5.92 Å². The van der Waals surface area contributed by atoms with Gasteiger partial charge in [0.1, 0.15) is 6.61 Å². The van der Waals surface area contributed by atoms with Gasteiger partial charge < -0.3 is 15.0 Å². The highest BCUT2D eigenvalue weighted by Crippen LogP contribution is 2.27. The summed E-state index contributed by atoms with van der Waals surface area (Å²) in [5, 5.41) is 5.00. The van der Waals surface area contributed by atoms with Crippen molar-refractivity contribution in [3.05, 3.63) is 22.4 Å². The lowest BCUT2D eigenvalue weighted by Gasteiger charge is -2.44. The molecule has 4 nitrogen and oxygen atoms in total. The fourth-order valence-electron chi connectivity index (χ4n) is 2.85. The third-order valence-electron chi connectivity index (χ3n) is 3.89. The molecule has 0 spiro atoms. The Hall–Kier alpha value is -1.07. The van der Waals surface area contributed by atoms with E-state index >= 15 is 0 Å². The molecule has 18 heavy (non-hydrogen) atoms. The summed E-state index contributed by atoms with van der Waals surface area (Å²) in [6.45, 7) is 3.74. The molecule has 1 amide bonds. The summed E-state index contributed by atoms with van der Waals surface area (Å²) in [4.78, 5) is 15.2. The van der Waals surface area contributed by atoms with Crippen LogP contribution in [0.15, 0.2) is 17.5 Å². The normalized spacial score (nSPS) is 30.1. The quantitative estimate of drug-likeness (QED) is 0.910. The van der Waals surface area contributed by atoms with Crippen LogP contribution >= 0.6 is 11.3 Å². The number of carbonyl (C=O) groups is 1. The molecule has 3 aliphatic rings. The van der Waals surface area contributed by atoms with Gasteiger partial charge in [-0.15, -0.1) is 11.3 Å². The van der Waals surface area contributed by atoms with E-state index in [9.17, 15) is 4.79 Å². The molecule has 3 fully saturated rings. The number of rotatable bonds is 3. The molecule has 1 aromatic rings. The first-order valence-corrected chi connectivity index (χ1v) is 7.37. The predicted octanol–water partition coefficient (Wildman–Crippen LogP) is 2.07. The fourth-order valence-corrected chi connectivity index (χ4v) is 3.47. The third kappa shape index (κ3) is 2.67.